The van der Waals surface area contributed by atoms with Crippen LogP contribution in [0.15, 0.2) is 48.5 Å². The van der Waals surface area contributed by atoms with Gasteiger partial charge in [-0.1, -0.05) is 18.2 Å². The number of nitrogens with zero attached hydrogens (tertiary/aromatic N) is 1. The van der Waals surface area contributed by atoms with Gasteiger partial charge >= 0.3 is 0 Å². The zero-order valence-electron chi connectivity index (χ0n) is 12.6. The zero-order valence-corrected chi connectivity index (χ0v) is 12.6. The van der Waals surface area contributed by atoms with E-state index >= 15 is 0 Å². The molecular formula is C18H18FNO2. The van der Waals surface area contributed by atoms with Crippen LogP contribution in [0.5, 0.6) is 5.75 Å². The number of amides is 1. The normalized spacial score (nSPS) is 18.0. The molecule has 0 bridgehead atoms. The average molecular weight is 299 g/mol. The Bertz CT molecular complexity index is 684. The summed E-state index contributed by atoms with van der Waals surface area (Å²) in [7, 11) is 0. The maximum absolute atomic E-state index is 12.9. The fourth-order valence-corrected chi connectivity index (χ4v) is 2.86. The summed E-state index contributed by atoms with van der Waals surface area (Å²) < 4.78 is 18.6. The van der Waals surface area contributed by atoms with Crippen molar-refractivity contribution >= 4 is 11.6 Å². The minimum absolute atomic E-state index is 0.0817. The van der Waals surface area contributed by atoms with Crippen LogP contribution in [0.1, 0.15) is 19.4 Å². The number of fused-ring (bicyclic) bond motifs is 1. The van der Waals surface area contributed by atoms with Crippen molar-refractivity contribution in [3.8, 4) is 5.75 Å². The van der Waals surface area contributed by atoms with Gasteiger partial charge in [0.1, 0.15) is 11.6 Å². The summed E-state index contributed by atoms with van der Waals surface area (Å²) in [5, 5.41) is 0. The molecule has 22 heavy (non-hydrogen) atoms. The SMILES string of the molecule is C[C@@H]1Cc2ccccc2N1C(=O)[C@@H](C)Oc1ccc(F)cc1. The van der Waals surface area contributed by atoms with Crippen LogP contribution in [0, 0.1) is 5.82 Å². The highest BCUT2D eigenvalue weighted by Gasteiger charge is 2.33. The summed E-state index contributed by atoms with van der Waals surface area (Å²) in [5.74, 6) is 0.0811. The average Bonchev–Trinajstić information content (AvgIpc) is 2.84. The summed E-state index contributed by atoms with van der Waals surface area (Å²) in [6, 6.07) is 13.7. The molecule has 2 atom stereocenters. The van der Waals surface area contributed by atoms with Crippen LogP contribution in [0.4, 0.5) is 10.1 Å². The maximum Gasteiger partial charge on any atom is 0.268 e. The number of rotatable bonds is 3. The standard InChI is InChI=1S/C18H18FNO2/c1-12-11-14-5-3-4-6-17(14)20(12)18(21)13(2)22-16-9-7-15(19)8-10-16/h3-10,12-13H,11H2,1-2H3/t12-,13-/m1/s1. The lowest BCUT2D eigenvalue weighted by atomic mass is 10.1. The fraction of sp³-hybridized carbons (Fsp3) is 0.278. The smallest absolute Gasteiger partial charge is 0.268 e. The molecule has 0 spiro atoms. The lowest BCUT2D eigenvalue weighted by Crippen LogP contribution is -2.43. The van der Waals surface area contributed by atoms with Crippen molar-refractivity contribution in [2.45, 2.75) is 32.4 Å². The van der Waals surface area contributed by atoms with Gasteiger partial charge in [0.15, 0.2) is 6.10 Å². The van der Waals surface area contributed by atoms with E-state index in [4.69, 9.17) is 4.74 Å². The van der Waals surface area contributed by atoms with Gasteiger partial charge in [-0.2, -0.15) is 0 Å². The Hall–Kier alpha value is -2.36. The number of halogens is 1. The summed E-state index contributed by atoms with van der Waals surface area (Å²) in [6.07, 6.45) is 0.226. The first-order chi connectivity index (χ1) is 10.6. The molecule has 3 nitrogen and oxygen atoms in total. The number of carbonyl (C=O) groups is 1. The van der Waals surface area contributed by atoms with E-state index in [0.717, 1.165) is 12.1 Å². The molecule has 0 aliphatic carbocycles. The topological polar surface area (TPSA) is 29.5 Å². The van der Waals surface area contributed by atoms with Gasteiger partial charge in [-0.15, -0.1) is 0 Å². The van der Waals surface area contributed by atoms with Crippen molar-refractivity contribution < 1.29 is 13.9 Å². The molecule has 0 unspecified atom stereocenters. The molecule has 2 aromatic rings. The van der Waals surface area contributed by atoms with Crippen LogP contribution in [-0.2, 0) is 11.2 Å². The molecule has 3 rings (SSSR count). The Kier molecular flexibility index (Phi) is 3.84. The molecule has 2 aromatic carbocycles. The highest BCUT2D eigenvalue weighted by atomic mass is 19.1. The number of hydrogen-bond acceptors (Lipinski definition) is 2. The third-order valence-corrected chi connectivity index (χ3v) is 3.92. The highest BCUT2D eigenvalue weighted by molar-refractivity contribution is 5.99. The Morgan fingerprint density at radius 1 is 1.23 bits per heavy atom. The van der Waals surface area contributed by atoms with Crippen LogP contribution in [-0.4, -0.2) is 18.1 Å². The minimum Gasteiger partial charge on any atom is -0.481 e. The second kappa shape index (κ2) is 5.79. The first-order valence-electron chi connectivity index (χ1n) is 7.39. The predicted molar refractivity (Wildman–Crippen MR) is 83.6 cm³/mol. The Morgan fingerprint density at radius 3 is 2.64 bits per heavy atom. The van der Waals surface area contributed by atoms with Gasteiger partial charge in [0, 0.05) is 11.7 Å². The molecule has 114 valence electrons. The zero-order chi connectivity index (χ0) is 15.7. The quantitative estimate of drug-likeness (QED) is 0.867. The van der Waals surface area contributed by atoms with Crippen molar-refractivity contribution in [3.63, 3.8) is 0 Å². The van der Waals surface area contributed by atoms with Crippen molar-refractivity contribution in [3.05, 3.63) is 59.9 Å². The second-order valence-corrected chi connectivity index (χ2v) is 5.60. The van der Waals surface area contributed by atoms with Gasteiger partial charge in [-0.25, -0.2) is 4.39 Å². The molecule has 0 saturated heterocycles. The maximum atomic E-state index is 12.9. The first kappa shape index (κ1) is 14.6. The van der Waals surface area contributed by atoms with Gasteiger partial charge in [-0.3, -0.25) is 4.79 Å². The highest BCUT2D eigenvalue weighted by Crippen LogP contribution is 2.32. The van der Waals surface area contributed by atoms with Crippen LogP contribution in [0.2, 0.25) is 0 Å². The molecule has 0 radical (unpaired) electrons. The number of carbonyl (C=O) groups excluding carboxylic acids is 1. The molecule has 1 aliphatic rings. The number of anilines is 1. The molecule has 0 fully saturated rings. The molecule has 1 aliphatic heterocycles. The van der Waals surface area contributed by atoms with E-state index in [-0.39, 0.29) is 17.8 Å². The van der Waals surface area contributed by atoms with Gasteiger partial charge in [0.05, 0.1) is 0 Å². The van der Waals surface area contributed by atoms with Crippen LogP contribution in [0.25, 0.3) is 0 Å². The van der Waals surface area contributed by atoms with E-state index in [0.29, 0.717) is 5.75 Å². The molecule has 4 heteroatoms. The molecule has 0 N–H and O–H groups in total. The number of para-hydroxylation sites is 1. The van der Waals surface area contributed by atoms with E-state index in [1.54, 1.807) is 11.8 Å². The third-order valence-electron chi connectivity index (χ3n) is 3.92. The molecular weight excluding hydrogens is 281 g/mol. The number of hydrogen-bond donors (Lipinski definition) is 0. The molecule has 1 heterocycles. The van der Waals surface area contributed by atoms with Crippen LogP contribution >= 0.6 is 0 Å². The Morgan fingerprint density at radius 2 is 1.91 bits per heavy atom. The van der Waals surface area contributed by atoms with Crippen molar-refractivity contribution in [1.29, 1.82) is 0 Å². The summed E-state index contributed by atoms with van der Waals surface area (Å²) in [6.45, 7) is 3.75. The monoisotopic (exact) mass is 299 g/mol. The van der Waals surface area contributed by atoms with Crippen molar-refractivity contribution in [1.82, 2.24) is 0 Å². The lowest BCUT2D eigenvalue weighted by molar-refractivity contribution is -0.124. The van der Waals surface area contributed by atoms with E-state index < -0.39 is 6.10 Å². The van der Waals surface area contributed by atoms with Crippen molar-refractivity contribution in [2.75, 3.05) is 4.90 Å². The van der Waals surface area contributed by atoms with Gasteiger partial charge in [-0.05, 0) is 56.2 Å². The first-order valence-corrected chi connectivity index (χ1v) is 7.39. The van der Waals surface area contributed by atoms with E-state index in [9.17, 15) is 9.18 Å². The Labute approximate surface area is 129 Å². The lowest BCUT2D eigenvalue weighted by Gasteiger charge is -2.26. The van der Waals surface area contributed by atoms with E-state index in [1.165, 1.54) is 29.8 Å². The van der Waals surface area contributed by atoms with Crippen LogP contribution in [0.3, 0.4) is 0 Å². The Balaban J connectivity index is 1.77. The number of ether oxygens (including phenoxy) is 1. The fourth-order valence-electron chi connectivity index (χ4n) is 2.86. The van der Waals surface area contributed by atoms with Crippen molar-refractivity contribution in [2.24, 2.45) is 0 Å². The van der Waals surface area contributed by atoms with Gasteiger partial charge in [0.25, 0.3) is 5.91 Å². The van der Waals surface area contributed by atoms with Gasteiger partial charge in [0.2, 0.25) is 0 Å². The summed E-state index contributed by atoms with van der Waals surface area (Å²) in [5.41, 5.74) is 2.13. The predicted octanol–water partition coefficient (Wildman–Crippen LogP) is 3.57. The van der Waals surface area contributed by atoms with Crippen LogP contribution < -0.4 is 9.64 Å². The number of benzene rings is 2. The minimum atomic E-state index is -0.626. The molecule has 0 saturated carbocycles. The second-order valence-electron chi connectivity index (χ2n) is 5.60. The molecule has 1 amide bonds. The summed E-state index contributed by atoms with van der Waals surface area (Å²) >= 11 is 0. The van der Waals surface area contributed by atoms with E-state index in [2.05, 4.69) is 0 Å². The van der Waals surface area contributed by atoms with E-state index in [1.807, 2.05) is 31.2 Å². The largest absolute Gasteiger partial charge is 0.481 e. The summed E-state index contributed by atoms with van der Waals surface area (Å²) in [4.78, 5) is 14.5. The van der Waals surface area contributed by atoms with Gasteiger partial charge < -0.3 is 9.64 Å². The molecule has 0 aromatic heterocycles. The third kappa shape index (κ3) is 2.69.